The topological polar surface area (TPSA) is 64.8 Å². The van der Waals surface area contributed by atoms with Crippen LogP contribution >= 0.6 is 0 Å². The number of carbonyl (C=O) groups excluding carboxylic acids is 1. The molecule has 1 aliphatic carbocycles. The van der Waals surface area contributed by atoms with Crippen LogP contribution in [0.5, 0.6) is 0 Å². The average Bonchev–Trinajstić information content (AvgIpc) is 3.03. The third-order valence-electron chi connectivity index (χ3n) is 4.41. The first-order valence-corrected chi connectivity index (χ1v) is 6.75. The van der Waals surface area contributed by atoms with Crippen LogP contribution in [-0.4, -0.2) is 56.9 Å². The molecule has 0 aromatic rings. The molecule has 4 unspecified atom stereocenters. The summed E-state index contributed by atoms with van der Waals surface area (Å²) in [5.41, 5.74) is 5.75. The van der Waals surface area contributed by atoms with Crippen molar-refractivity contribution in [1.29, 1.82) is 0 Å². The van der Waals surface area contributed by atoms with Crippen LogP contribution < -0.4 is 5.73 Å². The molecule has 104 valence electrons. The number of rotatable bonds is 4. The van der Waals surface area contributed by atoms with E-state index in [1.165, 1.54) is 0 Å². The molecule has 1 aliphatic heterocycles. The molecule has 5 nitrogen and oxygen atoms in total. The molecule has 1 saturated heterocycles. The summed E-state index contributed by atoms with van der Waals surface area (Å²) in [5, 5.41) is 0. The normalized spacial score (nSPS) is 36.3. The monoisotopic (exact) mass is 256 g/mol. The minimum atomic E-state index is -0.00307. The van der Waals surface area contributed by atoms with Gasteiger partial charge in [0.15, 0.2) is 0 Å². The van der Waals surface area contributed by atoms with Crippen LogP contribution in [-0.2, 0) is 14.3 Å². The second kappa shape index (κ2) is 5.99. The van der Waals surface area contributed by atoms with Gasteiger partial charge in [0.25, 0.3) is 0 Å². The van der Waals surface area contributed by atoms with Crippen molar-refractivity contribution in [3.05, 3.63) is 0 Å². The molecule has 0 bridgehead atoms. The van der Waals surface area contributed by atoms with Gasteiger partial charge < -0.3 is 20.1 Å². The van der Waals surface area contributed by atoms with Gasteiger partial charge in [-0.3, -0.25) is 4.79 Å². The zero-order valence-electron chi connectivity index (χ0n) is 11.3. The molecule has 1 heterocycles. The predicted octanol–water partition coefficient (Wildman–Crippen LogP) is 0.234. The van der Waals surface area contributed by atoms with E-state index in [2.05, 4.69) is 0 Å². The highest BCUT2D eigenvalue weighted by Crippen LogP contribution is 2.33. The standard InChI is InChI=1S/C13H24N2O3/c1-17-11-7-15(8-12(11)18-2)13(16)10-5-3-4-9(10)6-14/h9-12H,3-8,14H2,1-2H3. The van der Waals surface area contributed by atoms with Gasteiger partial charge in [0.2, 0.25) is 5.91 Å². The van der Waals surface area contributed by atoms with E-state index < -0.39 is 0 Å². The van der Waals surface area contributed by atoms with E-state index in [-0.39, 0.29) is 24.0 Å². The third kappa shape index (κ3) is 2.53. The third-order valence-corrected chi connectivity index (χ3v) is 4.41. The van der Waals surface area contributed by atoms with Gasteiger partial charge in [-0.1, -0.05) is 6.42 Å². The number of hydrogen-bond acceptors (Lipinski definition) is 4. The predicted molar refractivity (Wildman–Crippen MR) is 68.1 cm³/mol. The van der Waals surface area contributed by atoms with Gasteiger partial charge in [0.05, 0.1) is 0 Å². The lowest BCUT2D eigenvalue weighted by molar-refractivity contribution is -0.136. The van der Waals surface area contributed by atoms with Crippen LogP contribution in [0.25, 0.3) is 0 Å². The molecule has 18 heavy (non-hydrogen) atoms. The number of methoxy groups -OCH3 is 2. The van der Waals surface area contributed by atoms with Gasteiger partial charge in [-0.2, -0.15) is 0 Å². The minimum Gasteiger partial charge on any atom is -0.377 e. The largest absolute Gasteiger partial charge is 0.377 e. The van der Waals surface area contributed by atoms with Gasteiger partial charge >= 0.3 is 0 Å². The molecule has 2 N–H and O–H groups in total. The van der Waals surface area contributed by atoms with E-state index in [0.29, 0.717) is 25.6 Å². The van der Waals surface area contributed by atoms with Crippen LogP contribution in [0.1, 0.15) is 19.3 Å². The van der Waals surface area contributed by atoms with E-state index in [1.54, 1.807) is 14.2 Å². The molecule has 0 aromatic carbocycles. The minimum absolute atomic E-state index is 0.00307. The Bertz CT molecular complexity index is 286. The first-order chi connectivity index (χ1) is 8.71. The maximum atomic E-state index is 12.5. The maximum absolute atomic E-state index is 12.5. The molecule has 0 spiro atoms. The van der Waals surface area contributed by atoms with E-state index in [9.17, 15) is 4.79 Å². The van der Waals surface area contributed by atoms with Crippen LogP contribution in [0.4, 0.5) is 0 Å². The highest BCUT2D eigenvalue weighted by Gasteiger charge is 2.41. The van der Waals surface area contributed by atoms with Gasteiger partial charge in [0.1, 0.15) is 12.2 Å². The molecule has 2 fully saturated rings. The summed E-state index contributed by atoms with van der Waals surface area (Å²) < 4.78 is 10.7. The van der Waals surface area contributed by atoms with Crippen molar-refractivity contribution in [1.82, 2.24) is 4.90 Å². The molecule has 0 aromatic heterocycles. The fourth-order valence-electron chi connectivity index (χ4n) is 3.26. The molecule has 5 heteroatoms. The number of nitrogens with zero attached hydrogens (tertiary/aromatic N) is 1. The zero-order valence-corrected chi connectivity index (χ0v) is 11.3. The lowest BCUT2D eigenvalue weighted by Crippen LogP contribution is -2.38. The van der Waals surface area contributed by atoms with Crippen molar-refractivity contribution >= 4 is 5.91 Å². The summed E-state index contributed by atoms with van der Waals surface area (Å²) >= 11 is 0. The lowest BCUT2D eigenvalue weighted by Gasteiger charge is -2.24. The van der Waals surface area contributed by atoms with Gasteiger partial charge in [0, 0.05) is 33.2 Å². The Balaban J connectivity index is 1.98. The highest BCUT2D eigenvalue weighted by molar-refractivity contribution is 5.80. The molecular weight excluding hydrogens is 232 g/mol. The van der Waals surface area contributed by atoms with E-state index in [4.69, 9.17) is 15.2 Å². The Morgan fingerprint density at radius 1 is 1.22 bits per heavy atom. The van der Waals surface area contributed by atoms with E-state index >= 15 is 0 Å². The summed E-state index contributed by atoms with van der Waals surface area (Å²) in [4.78, 5) is 14.4. The quantitative estimate of drug-likeness (QED) is 0.782. The number of likely N-dealkylation sites (tertiary alicyclic amines) is 1. The van der Waals surface area contributed by atoms with Crippen molar-refractivity contribution in [2.45, 2.75) is 31.5 Å². The Kier molecular flexibility index (Phi) is 4.59. The maximum Gasteiger partial charge on any atom is 0.226 e. The molecular formula is C13H24N2O3. The van der Waals surface area contributed by atoms with Crippen molar-refractivity contribution in [3.8, 4) is 0 Å². The Morgan fingerprint density at radius 2 is 1.83 bits per heavy atom. The van der Waals surface area contributed by atoms with Crippen LogP contribution in [0, 0.1) is 11.8 Å². The highest BCUT2D eigenvalue weighted by atomic mass is 16.5. The molecule has 0 radical (unpaired) electrons. The summed E-state index contributed by atoms with van der Waals surface area (Å²) in [7, 11) is 3.34. The molecule has 2 rings (SSSR count). The number of nitrogens with two attached hydrogens (primary N) is 1. The second-order valence-corrected chi connectivity index (χ2v) is 5.32. The number of hydrogen-bond donors (Lipinski definition) is 1. The van der Waals surface area contributed by atoms with E-state index in [1.807, 2.05) is 4.90 Å². The fourth-order valence-corrected chi connectivity index (χ4v) is 3.26. The Morgan fingerprint density at radius 3 is 2.33 bits per heavy atom. The summed E-state index contributed by atoms with van der Waals surface area (Å²) in [5.74, 6) is 0.716. The summed E-state index contributed by atoms with van der Waals surface area (Å²) in [6, 6.07) is 0. The Labute approximate surface area is 109 Å². The first-order valence-electron chi connectivity index (χ1n) is 6.75. The SMILES string of the molecule is COC1CN(C(=O)C2CCCC2CN)CC1OC. The van der Waals surface area contributed by atoms with Gasteiger partial charge in [-0.05, 0) is 25.3 Å². The summed E-state index contributed by atoms with van der Waals surface area (Å²) in [6.45, 7) is 1.90. The molecule has 2 aliphatic rings. The van der Waals surface area contributed by atoms with Crippen LogP contribution in [0.3, 0.4) is 0 Å². The van der Waals surface area contributed by atoms with E-state index in [0.717, 1.165) is 19.3 Å². The smallest absolute Gasteiger partial charge is 0.226 e. The Hall–Kier alpha value is -0.650. The number of ether oxygens (including phenoxy) is 2. The number of carbonyl (C=O) groups is 1. The van der Waals surface area contributed by atoms with Crippen LogP contribution in [0.15, 0.2) is 0 Å². The fraction of sp³-hybridized carbons (Fsp3) is 0.923. The second-order valence-electron chi connectivity index (χ2n) is 5.32. The number of amides is 1. The van der Waals surface area contributed by atoms with Gasteiger partial charge in [-0.25, -0.2) is 0 Å². The van der Waals surface area contributed by atoms with Crippen LogP contribution in [0.2, 0.25) is 0 Å². The van der Waals surface area contributed by atoms with Crippen molar-refractivity contribution in [2.75, 3.05) is 33.9 Å². The first kappa shape index (κ1) is 13.8. The molecule has 1 saturated carbocycles. The molecule has 1 amide bonds. The van der Waals surface area contributed by atoms with Gasteiger partial charge in [-0.15, -0.1) is 0 Å². The lowest BCUT2D eigenvalue weighted by atomic mass is 9.95. The molecule has 4 atom stereocenters. The average molecular weight is 256 g/mol. The van der Waals surface area contributed by atoms with Crippen molar-refractivity contribution in [3.63, 3.8) is 0 Å². The van der Waals surface area contributed by atoms with Crippen molar-refractivity contribution in [2.24, 2.45) is 17.6 Å². The zero-order chi connectivity index (χ0) is 13.1. The summed E-state index contributed by atoms with van der Waals surface area (Å²) in [6.07, 6.45) is 3.18. The van der Waals surface area contributed by atoms with Crippen molar-refractivity contribution < 1.29 is 14.3 Å².